The van der Waals surface area contributed by atoms with Crippen LogP contribution in [0.15, 0.2) is 59.2 Å². The summed E-state index contributed by atoms with van der Waals surface area (Å²) in [4.78, 5) is 4.31. The van der Waals surface area contributed by atoms with Crippen molar-refractivity contribution >= 4 is 32.5 Å². The van der Waals surface area contributed by atoms with Crippen LogP contribution in [-0.4, -0.2) is 16.6 Å². The highest BCUT2D eigenvalue weighted by atomic mass is 79.9. The van der Waals surface area contributed by atoms with Gasteiger partial charge in [0.2, 0.25) is 0 Å². The summed E-state index contributed by atoms with van der Waals surface area (Å²) in [6, 6.07) is 13.9. The van der Waals surface area contributed by atoms with Crippen LogP contribution in [0.3, 0.4) is 0 Å². The van der Waals surface area contributed by atoms with Gasteiger partial charge in [-0.2, -0.15) is 0 Å². The summed E-state index contributed by atoms with van der Waals surface area (Å²) in [7, 11) is 0. The van der Waals surface area contributed by atoms with Gasteiger partial charge < -0.3 is 10.4 Å². The van der Waals surface area contributed by atoms with Crippen LogP contribution in [0.2, 0.25) is 0 Å². The van der Waals surface area contributed by atoms with Gasteiger partial charge in [-0.1, -0.05) is 34.1 Å². The van der Waals surface area contributed by atoms with E-state index in [1.807, 2.05) is 24.3 Å². The third-order valence-corrected chi connectivity index (χ3v) is 3.95. The van der Waals surface area contributed by atoms with Gasteiger partial charge >= 0.3 is 0 Å². The monoisotopic (exact) mass is 360 g/mol. The molecule has 22 heavy (non-hydrogen) atoms. The zero-order valence-corrected chi connectivity index (χ0v) is 13.2. The molecule has 1 heterocycles. The Morgan fingerprint density at radius 3 is 2.82 bits per heavy atom. The third-order valence-electron chi connectivity index (χ3n) is 3.45. The SMILES string of the molecule is OC(CNc1ccnc2cc(Br)ccc12)c1ccccc1F. The zero-order valence-electron chi connectivity index (χ0n) is 11.6. The van der Waals surface area contributed by atoms with Crippen LogP contribution in [0.25, 0.3) is 10.9 Å². The summed E-state index contributed by atoms with van der Waals surface area (Å²) >= 11 is 3.42. The molecular formula is C17H14BrFN2O. The lowest BCUT2D eigenvalue weighted by molar-refractivity contribution is 0.186. The van der Waals surface area contributed by atoms with Crippen LogP contribution in [0.4, 0.5) is 10.1 Å². The first kappa shape index (κ1) is 14.9. The van der Waals surface area contributed by atoms with Gasteiger partial charge in [-0.15, -0.1) is 0 Å². The number of nitrogens with one attached hydrogen (secondary N) is 1. The Labute approximate surface area is 135 Å². The standard InChI is InChI=1S/C17H14BrFN2O/c18-11-5-6-13-15(7-8-20-16(13)9-11)21-10-17(22)12-3-1-2-4-14(12)19/h1-9,17,22H,10H2,(H,20,21). The highest BCUT2D eigenvalue weighted by molar-refractivity contribution is 9.10. The van der Waals surface area contributed by atoms with Crippen molar-refractivity contribution in [2.75, 3.05) is 11.9 Å². The number of aromatic nitrogens is 1. The van der Waals surface area contributed by atoms with E-state index in [-0.39, 0.29) is 12.1 Å². The number of halogens is 2. The number of rotatable bonds is 4. The molecule has 0 saturated carbocycles. The first-order chi connectivity index (χ1) is 10.6. The number of fused-ring (bicyclic) bond motifs is 1. The topological polar surface area (TPSA) is 45.1 Å². The van der Waals surface area contributed by atoms with Gasteiger partial charge in [0.25, 0.3) is 0 Å². The van der Waals surface area contributed by atoms with E-state index < -0.39 is 11.9 Å². The Bertz CT molecular complexity index is 810. The van der Waals surface area contributed by atoms with E-state index in [4.69, 9.17) is 0 Å². The molecule has 1 aromatic heterocycles. The third kappa shape index (κ3) is 3.10. The van der Waals surface area contributed by atoms with Crippen molar-refractivity contribution in [1.29, 1.82) is 0 Å². The van der Waals surface area contributed by atoms with E-state index in [0.717, 1.165) is 21.1 Å². The molecule has 0 aliphatic carbocycles. The highest BCUT2D eigenvalue weighted by Crippen LogP contribution is 2.25. The maximum absolute atomic E-state index is 13.7. The number of hydrogen-bond acceptors (Lipinski definition) is 3. The van der Waals surface area contributed by atoms with Crippen LogP contribution in [0.1, 0.15) is 11.7 Å². The van der Waals surface area contributed by atoms with Gasteiger partial charge in [0.15, 0.2) is 0 Å². The van der Waals surface area contributed by atoms with Crippen molar-refractivity contribution in [2.24, 2.45) is 0 Å². The van der Waals surface area contributed by atoms with Crippen molar-refractivity contribution in [2.45, 2.75) is 6.10 Å². The molecule has 0 radical (unpaired) electrons. The fourth-order valence-electron chi connectivity index (χ4n) is 2.34. The molecule has 3 aromatic rings. The van der Waals surface area contributed by atoms with Crippen LogP contribution < -0.4 is 5.32 Å². The predicted molar refractivity (Wildman–Crippen MR) is 89.3 cm³/mol. The molecule has 0 fully saturated rings. The molecule has 5 heteroatoms. The lowest BCUT2D eigenvalue weighted by Gasteiger charge is -2.15. The number of benzene rings is 2. The van der Waals surface area contributed by atoms with Crippen molar-refractivity contribution < 1.29 is 9.50 Å². The van der Waals surface area contributed by atoms with Gasteiger partial charge in [0.05, 0.1) is 11.6 Å². The van der Waals surface area contributed by atoms with Gasteiger partial charge in [-0.25, -0.2) is 4.39 Å². The molecule has 3 nitrogen and oxygen atoms in total. The molecule has 0 spiro atoms. The number of nitrogens with zero attached hydrogens (tertiary/aromatic N) is 1. The zero-order chi connectivity index (χ0) is 15.5. The maximum atomic E-state index is 13.7. The molecule has 1 atom stereocenters. The second-order valence-corrected chi connectivity index (χ2v) is 5.85. The summed E-state index contributed by atoms with van der Waals surface area (Å²) in [5.41, 5.74) is 1.99. The van der Waals surface area contributed by atoms with E-state index in [0.29, 0.717) is 0 Å². The van der Waals surface area contributed by atoms with Gasteiger partial charge in [-0.05, 0) is 30.3 Å². The largest absolute Gasteiger partial charge is 0.386 e. The van der Waals surface area contributed by atoms with E-state index in [1.54, 1.807) is 24.4 Å². The molecule has 0 aliphatic rings. The first-order valence-electron chi connectivity index (χ1n) is 6.86. The first-order valence-corrected chi connectivity index (χ1v) is 7.65. The maximum Gasteiger partial charge on any atom is 0.129 e. The lowest BCUT2D eigenvalue weighted by atomic mass is 10.1. The molecule has 2 N–H and O–H groups in total. The van der Waals surface area contributed by atoms with E-state index in [9.17, 15) is 9.50 Å². The molecule has 0 amide bonds. The minimum Gasteiger partial charge on any atom is -0.386 e. The fourth-order valence-corrected chi connectivity index (χ4v) is 2.69. The Morgan fingerprint density at radius 2 is 2.00 bits per heavy atom. The Balaban J connectivity index is 1.81. The number of aliphatic hydroxyl groups excluding tert-OH is 1. The minimum absolute atomic E-state index is 0.218. The number of pyridine rings is 1. The average Bonchev–Trinajstić information content (AvgIpc) is 2.52. The predicted octanol–water partition coefficient (Wildman–Crippen LogP) is 4.28. The Kier molecular flexibility index (Phi) is 4.36. The van der Waals surface area contributed by atoms with Crippen molar-refractivity contribution in [1.82, 2.24) is 4.98 Å². The summed E-state index contributed by atoms with van der Waals surface area (Å²) in [6.45, 7) is 0.218. The Morgan fingerprint density at radius 1 is 1.18 bits per heavy atom. The van der Waals surface area contributed by atoms with E-state index >= 15 is 0 Å². The van der Waals surface area contributed by atoms with Crippen LogP contribution in [-0.2, 0) is 0 Å². The van der Waals surface area contributed by atoms with Gasteiger partial charge in [-0.3, -0.25) is 4.98 Å². The summed E-state index contributed by atoms with van der Waals surface area (Å²) < 4.78 is 14.6. The average molecular weight is 361 g/mol. The van der Waals surface area contributed by atoms with Crippen molar-refractivity contribution in [3.8, 4) is 0 Å². The quantitative estimate of drug-likeness (QED) is 0.729. The second-order valence-electron chi connectivity index (χ2n) is 4.94. The van der Waals surface area contributed by atoms with Crippen LogP contribution in [0.5, 0.6) is 0 Å². The normalized spacial score (nSPS) is 12.3. The number of anilines is 1. The minimum atomic E-state index is -0.917. The second kappa shape index (κ2) is 6.42. The van der Waals surface area contributed by atoms with Crippen molar-refractivity contribution in [3.05, 3.63) is 70.6 Å². The van der Waals surface area contributed by atoms with Gasteiger partial charge in [0.1, 0.15) is 5.82 Å². The van der Waals surface area contributed by atoms with E-state index in [2.05, 4.69) is 26.2 Å². The molecule has 1 unspecified atom stereocenters. The summed E-state index contributed by atoms with van der Waals surface area (Å²) in [6.07, 6.45) is 0.784. The number of aliphatic hydroxyl groups is 1. The Hall–Kier alpha value is -1.98. The summed E-state index contributed by atoms with van der Waals surface area (Å²) in [5.74, 6) is -0.402. The molecule has 112 valence electrons. The van der Waals surface area contributed by atoms with Crippen LogP contribution >= 0.6 is 15.9 Å². The molecule has 0 bridgehead atoms. The molecule has 2 aromatic carbocycles. The molecular weight excluding hydrogens is 347 g/mol. The number of hydrogen-bond donors (Lipinski definition) is 2. The highest BCUT2D eigenvalue weighted by Gasteiger charge is 2.12. The molecule has 0 saturated heterocycles. The van der Waals surface area contributed by atoms with Crippen molar-refractivity contribution in [3.63, 3.8) is 0 Å². The smallest absolute Gasteiger partial charge is 0.129 e. The van der Waals surface area contributed by atoms with Crippen LogP contribution in [0, 0.1) is 5.82 Å². The molecule has 3 rings (SSSR count). The fraction of sp³-hybridized carbons (Fsp3) is 0.118. The summed E-state index contributed by atoms with van der Waals surface area (Å²) in [5, 5.41) is 14.3. The van der Waals surface area contributed by atoms with E-state index in [1.165, 1.54) is 6.07 Å². The van der Waals surface area contributed by atoms with Gasteiger partial charge in [0, 0.05) is 33.9 Å². The molecule has 0 aliphatic heterocycles. The lowest BCUT2D eigenvalue weighted by Crippen LogP contribution is -2.13.